The van der Waals surface area contributed by atoms with Crippen LogP contribution in [0.15, 0.2) is 12.1 Å². The second-order valence-corrected chi connectivity index (χ2v) is 3.95. The summed E-state index contributed by atoms with van der Waals surface area (Å²) in [6, 6.07) is 2.96. The summed E-state index contributed by atoms with van der Waals surface area (Å²) in [5.41, 5.74) is -2.16. The third kappa shape index (κ3) is 4.58. The number of halogens is 5. The Hall–Kier alpha value is -2.37. The standard InChI is InChI=1S/C13H10F5NO3/c1-2-21-10(20)5-9-8(12(14)15)4-3-7(6-19)11(9)22-13(16,17)18/h3-4,12H,2,5H2,1H3. The van der Waals surface area contributed by atoms with Crippen LogP contribution in [0, 0.1) is 11.3 Å². The molecule has 0 aliphatic rings. The van der Waals surface area contributed by atoms with E-state index in [2.05, 4.69) is 9.47 Å². The van der Waals surface area contributed by atoms with Crippen LogP contribution >= 0.6 is 0 Å². The molecule has 1 aromatic rings. The molecule has 0 atom stereocenters. The zero-order chi connectivity index (χ0) is 16.9. The van der Waals surface area contributed by atoms with Gasteiger partial charge in [0.05, 0.1) is 18.6 Å². The van der Waals surface area contributed by atoms with Crippen molar-refractivity contribution < 1.29 is 36.2 Å². The van der Waals surface area contributed by atoms with Gasteiger partial charge in [0.2, 0.25) is 0 Å². The van der Waals surface area contributed by atoms with Crippen LogP contribution in [0.3, 0.4) is 0 Å². The number of ether oxygens (including phenoxy) is 2. The van der Waals surface area contributed by atoms with Crippen LogP contribution in [0.2, 0.25) is 0 Å². The van der Waals surface area contributed by atoms with E-state index in [9.17, 15) is 26.7 Å². The summed E-state index contributed by atoms with van der Waals surface area (Å²) in [6.45, 7) is 1.38. The smallest absolute Gasteiger partial charge is 0.466 e. The van der Waals surface area contributed by atoms with Gasteiger partial charge in [-0.1, -0.05) is 6.07 Å². The summed E-state index contributed by atoms with van der Waals surface area (Å²) in [5.74, 6) is -2.12. The van der Waals surface area contributed by atoms with Crippen molar-refractivity contribution in [2.24, 2.45) is 0 Å². The molecule has 1 aromatic carbocycles. The lowest BCUT2D eigenvalue weighted by Crippen LogP contribution is -2.21. The number of rotatable bonds is 5. The number of benzene rings is 1. The van der Waals surface area contributed by atoms with Crippen molar-refractivity contribution in [2.75, 3.05) is 6.61 Å². The molecule has 0 saturated carbocycles. The average Bonchev–Trinajstić information content (AvgIpc) is 2.38. The molecular formula is C13H10F5NO3. The molecule has 22 heavy (non-hydrogen) atoms. The Morgan fingerprint density at radius 1 is 1.36 bits per heavy atom. The van der Waals surface area contributed by atoms with Crippen LogP contribution in [0.4, 0.5) is 22.0 Å². The van der Waals surface area contributed by atoms with E-state index in [0.717, 1.165) is 12.1 Å². The monoisotopic (exact) mass is 323 g/mol. The number of nitriles is 1. The second kappa shape index (κ2) is 7.06. The van der Waals surface area contributed by atoms with Gasteiger partial charge in [0.1, 0.15) is 6.07 Å². The van der Waals surface area contributed by atoms with Crippen LogP contribution in [0.25, 0.3) is 0 Å². The van der Waals surface area contributed by atoms with Gasteiger partial charge in [-0.2, -0.15) is 5.26 Å². The van der Waals surface area contributed by atoms with Crippen molar-refractivity contribution in [3.8, 4) is 11.8 Å². The molecule has 0 aromatic heterocycles. The maximum Gasteiger partial charge on any atom is 0.573 e. The topological polar surface area (TPSA) is 59.3 Å². The van der Waals surface area contributed by atoms with Crippen molar-refractivity contribution in [3.05, 3.63) is 28.8 Å². The molecule has 120 valence electrons. The zero-order valence-electron chi connectivity index (χ0n) is 11.2. The first-order chi connectivity index (χ1) is 10.2. The molecule has 0 bridgehead atoms. The molecule has 9 heteroatoms. The van der Waals surface area contributed by atoms with Gasteiger partial charge in [-0.3, -0.25) is 4.79 Å². The fraction of sp³-hybridized carbons (Fsp3) is 0.385. The number of nitrogens with zero attached hydrogens (tertiary/aromatic N) is 1. The first kappa shape index (κ1) is 17.7. The molecule has 1 rings (SSSR count). The van der Waals surface area contributed by atoms with E-state index in [1.807, 2.05) is 0 Å². The highest BCUT2D eigenvalue weighted by Crippen LogP contribution is 2.36. The Labute approximate surface area is 122 Å². The zero-order valence-corrected chi connectivity index (χ0v) is 11.2. The lowest BCUT2D eigenvalue weighted by molar-refractivity contribution is -0.275. The van der Waals surface area contributed by atoms with Crippen molar-refractivity contribution in [2.45, 2.75) is 26.1 Å². The predicted molar refractivity (Wildman–Crippen MR) is 63.1 cm³/mol. The highest BCUT2D eigenvalue weighted by molar-refractivity contribution is 5.75. The number of hydrogen-bond donors (Lipinski definition) is 0. The molecule has 0 saturated heterocycles. The van der Waals surface area contributed by atoms with Gasteiger partial charge < -0.3 is 9.47 Å². The molecule has 0 amide bonds. The summed E-state index contributed by atoms with van der Waals surface area (Å²) in [5, 5.41) is 8.81. The van der Waals surface area contributed by atoms with Gasteiger partial charge in [0.15, 0.2) is 5.75 Å². The fourth-order valence-corrected chi connectivity index (χ4v) is 1.71. The molecule has 0 spiro atoms. The minimum Gasteiger partial charge on any atom is -0.466 e. The molecule has 0 unspecified atom stereocenters. The Bertz CT molecular complexity index is 593. The molecule has 0 aliphatic heterocycles. The Morgan fingerprint density at radius 2 is 2.00 bits per heavy atom. The third-order valence-corrected chi connectivity index (χ3v) is 2.50. The van der Waals surface area contributed by atoms with E-state index >= 15 is 0 Å². The number of hydrogen-bond acceptors (Lipinski definition) is 4. The van der Waals surface area contributed by atoms with Crippen LogP contribution < -0.4 is 4.74 Å². The SMILES string of the molecule is CCOC(=O)Cc1c(C(F)F)ccc(C#N)c1OC(F)(F)F. The third-order valence-electron chi connectivity index (χ3n) is 2.50. The van der Waals surface area contributed by atoms with E-state index in [1.54, 1.807) is 0 Å². The Kier molecular flexibility index (Phi) is 5.68. The normalized spacial score (nSPS) is 11.2. The minimum atomic E-state index is -5.20. The van der Waals surface area contributed by atoms with E-state index in [1.165, 1.54) is 13.0 Å². The molecule has 0 fully saturated rings. The van der Waals surface area contributed by atoms with Crippen molar-refractivity contribution in [1.82, 2.24) is 0 Å². The summed E-state index contributed by atoms with van der Waals surface area (Å²) in [6.07, 6.45) is -9.21. The number of alkyl halides is 5. The van der Waals surface area contributed by atoms with Crippen LogP contribution in [0.1, 0.15) is 30.0 Å². The lowest BCUT2D eigenvalue weighted by Gasteiger charge is -2.17. The van der Waals surface area contributed by atoms with Crippen LogP contribution in [0.5, 0.6) is 5.75 Å². The van der Waals surface area contributed by atoms with E-state index in [-0.39, 0.29) is 6.61 Å². The lowest BCUT2D eigenvalue weighted by atomic mass is 10.00. The maximum atomic E-state index is 12.9. The highest BCUT2D eigenvalue weighted by Gasteiger charge is 2.35. The predicted octanol–water partition coefficient (Wildman–Crippen LogP) is 3.50. The molecule has 0 heterocycles. The molecule has 4 nitrogen and oxygen atoms in total. The molecule has 0 N–H and O–H groups in total. The Morgan fingerprint density at radius 3 is 2.45 bits per heavy atom. The summed E-state index contributed by atoms with van der Waals surface area (Å²) in [4.78, 5) is 11.4. The van der Waals surface area contributed by atoms with Crippen molar-refractivity contribution in [3.63, 3.8) is 0 Å². The summed E-state index contributed by atoms with van der Waals surface area (Å²) < 4.78 is 71.3. The number of esters is 1. The summed E-state index contributed by atoms with van der Waals surface area (Å²) in [7, 11) is 0. The van der Waals surface area contributed by atoms with Crippen molar-refractivity contribution >= 4 is 5.97 Å². The van der Waals surface area contributed by atoms with Crippen molar-refractivity contribution in [1.29, 1.82) is 5.26 Å². The fourth-order valence-electron chi connectivity index (χ4n) is 1.71. The average molecular weight is 323 g/mol. The van der Waals surface area contributed by atoms with Gasteiger partial charge >= 0.3 is 12.3 Å². The highest BCUT2D eigenvalue weighted by atomic mass is 19.4. The maximum absolute atomic E-state index is 12.9. The summed E-state index contributed by atoms with van der Waals surface area (Å²) >= 11 is 0. The van der Waals surface area contributed by atoms with Gasteiger partial charge in [0.25, 0.3) is 6.43 Å². The molecule has 0 radical (unpaired) electrons. The van der Waals surface area contributed by atoms with E-state index in [4.69, 9.17) is 5.26 Å². The number of carbonyl (C=O) groups is 1. The molecule has 0 aliphatic carbocycles. The van der Waals surface area contributed by atoms with Gasteiger partial charge in [-0.05, 0) is 13.0 Å². The van der Waals surface area contributed by atoms with Crippen LogP contribution in [-0.2, 0) is 16.0 Å². The minimum absolute atomic E-state index is 0.0732. The van der Waals surface area contributed by atoms with Gasteiger partial charge in [0, 0.05) is 11.1 Å². The first-order valence-electron chi connectivity index (χ1n) is 5.95. The molecular weight excluding hydrogens is 313 g/mol. The van der Waals surface area contributed by atoms with Gasteiger partial charge in [-0.15, -0.1) is 13.2 Å². The van der Waals surface area contributed by atoms with E-state index < -0.39 is 47.6 Å². The van der Waals surface area contributed by atoms with Gasteiger partial charge in [-0.25, -0.2) is 8.78 Å². The largest absolute Gasteiger partial charge is 0.573 e. The van der Waals surface area contributed by atoms with E-state index in [0.29, 0.717) is 0 Å². The second-order valence-electron chi connectivity index (χ2n) is 3.95. The first-order valence-corrected chi connectivity index (χ1v) is 5.95. The number of carbonyl (C=O) groups excluding carboxylic acids is 1. The Balaban J connectivity index is 3.43. The quantitative estimate of drug-likeness (QED) is 0.615. The van der Waals surface area contributed by atoms with Crippen LogP contribution in [-0.4, -0.2) is 18.9 Å².